The SMILES string of the molecule is O=C(Cc1ccccc1)N/N=C\c1ccc(-c2ccc(F)c(Cl)c2)o1. The van der Waals surface area contributed by atoms with Crippen molar-refractivity contribution < 1.29 is 13.6 Å². The van der Waals surface area contributed by atoms with Crippen LogP contribution < -0.4 is 5.43 Å². The first-order valence-electron chi connectivity index (χ1n) is 7.53. The summed E-state index contributed by atoms with van der Waals surface area (Å²) in [7, 11) is 0. The Hall–Kier alpha value is -2.92. The summed E-state index contributed by atoms with van der Waals surface area (Å²) in [5.41, 5.74) is 4.00. The molecule has 0 spiro atoms. The third-order valence-electron chi connectivity index (χ3n) is 3.42. The van der Waals surface area contributed by atoms with Crippen molar-refractivity contribution in [3.05, 3.63) is 82.8 Å². The molecule has 0 bridgehead atoms. The average Bonchev–Trinajstić information content (AvgIpc) is 3.07. The molecule has 0 saturated carbocycles. The van der Waals surface area contributed by atoms with Gasteiger partial charge in [0.2, 0.25) is 5.91 Å². The zero-order chi connectivity index (χ0) is 17.6. The maximum atomic E-state index is 13.2. The Labute approximate surface area is 148 Å². The number of benzene rings is 2. The topological polar surface area (TPSA) is 54.6 Å². The number of rotatable bonds is 5. The standard InChI is InChI=1S/C19H14ClFN2O2/c20-16-11-14(6-8-17(16)21)18-9-7-15(25-18)12-22-23-19(24)10-13-4-2-1-3-5-13/h1-9,11-12H,10H2,(H,23,24)/b22-12-. The van der Waals surface area contributed by atoms with Crippen LogP contribution in [0.3, 0.4) is 0 Å². The van der Waals surface area contributed by atoms with Gasteiger partial charge in [-0.05, 0) is 35.9 Å². The predicted molar refractivity (Wildman–Crippen MR) is 95.0 cm³/mol. The Bertz CT molecular complexity index is 907. The van der Waals surface area contributed by atoms with E-state index in [9.17, 15) is 9.18 Å². The fourth-order valence-electron chi connectivity index (χ4n) is 2.22. The lowest BCUT2D eigenvalue weighted by Crippen LogP contribution is -2.19. The van der Waals surface area contributed by atoms with Crippen LogP contribution in [0.2, 0.25) is 5.02 Å². The number of amides is 1. The lowest BCUT2D eigenvalue weighted by Gasteiger charge is -1.99. The van der Waals surface area contributed by atoms with E-state index in [0.717, 1.165) is 5.56 Å². The summed E-state index contributed by atoms with van der Waals surface area (Å²) in [5, 5.41) is 3.90. The van der Waals surface area contributed by atoms with Gasteiger partial charge >= 0.3 is 0 Å². The molecule has 0 aliphatic rings. The number of hydrogen-bond acceptors (Lipinski definition) is 3. The van der Waals surface area contributed by atoms with E-state index in [4.69, 9.17) is 16.0 Å². The number of nitrogens with zero attached hydrogens (tertiary/aromatic N) is 1. The van der Waals surface area contributed by atoms with Gasteiger partial charge in [0, 0.05) is 5.56 Å². The van der Waals surface area contributed by atoms with Gasteiger partial charge in [0.05, 0.1) is 17.7 Å². The first-order chi connectivity index (χ1) is 12.1. The average molecular weight is 357 g/mol. The second-order valence-corrected chi connectivity index (χ2v) is 5.69. The van der Waals surface area contributed by atoms with E-state index in [0.29, 0.717) is 17.1 Å². The quantitative estimate of drug-likeness (QED) is 0.543. The maximum absolute atomic E-state index is 13.2. The fourth-order valence-corrected chi connectivity index (χ4v) is 2.40. The second kappa shape index (κ2) is 7.77. The molecule has 25 heavy (non-hydrogen) atoms. The summed E-state index contributed by atoms with van der Waals surface area (Å²) in [5.74, 6) is 0.272. The van der Waals surface area contributed by atoms with E-state index >= 15 is 0 Å². The molecule has 1 amide bonds. The highest BCUT2D eigenvalue weighted by Gasteiger charge is 2.07. The molecule has 0 aliphatic carbocycles. The summed E-state index contributed by atoms with van der Waals surface area (Å²) < 4.78 is 18.8. The minimum absolute atomic E-state index is 0.0253. The van der Waals surface area contributed by atoms with Gasteiger partial charge in [0.25, 0.3) is 0 Å². The normalized spacial score (nSPS) is 11.0. The monoisotopic (exact) mass is 356 g/mol. The highest BCUT2D eigenvalue weighted by Crippen LogP contribution is 2.26. The molecule has 0 atom stereocenters. The highest BCUT2D eigenvalue weighted by molar-refractivity contribution is 6.31. The molecule has 1 aromatic heterocycles. The minimum atomic E-state index is -0.486. The van der Waals surface area contributed by atoms with Crippen LogP contribution in [-0.2, 0) is 11.2 Å². The number of nitrogens with one attached hydrogen (secondary N) is 1. The third kappa shape index (κ3) is 4.55. The smallest absolute Gasteiger partial charge is 0.244 e. The largest absolute Gasteiger partial charge is 0.455 e. The summed E-state index contributed by atoms with van der Waals surface area (Å²) in [6.07, 6.45) is 1.65. The van der Waals surface area contributed by atoms with Crippen molar-refractivity contribution >= 4 is 23.7 Å². The molecule has 1 N–H and O–H groups in total. The number of furan rings is 1. The van der Waals surface area contributed by atoms with Crippen molar-refractivity contribution in [1.29, 1.82) is 0 Å². The molecule has 6 heteroatoms. The molecule has 3 aromatic rings. The molecule has 0 radical (unpaired) electrons. The van der Waals surface area contributed by atoms with Crippen molar-refractivity contribution in [2.24, 2.45) is 5.10 Å². The van der Waals surface area contributed by atoms with Gasteiger partial charge in [-0.15, -0.1) is 0 Å². The van der Waals surface area contributed by atoms with E-state index in [1.165, 1.54) is 18.3 Å². The first kappa shape index (κ1) is 16.9. The number of carbonyl (C=O) groups excluding carboxylic acids is 1. The molecule has 2 aromatic carbocycles. The van der Waals surface area contributed by atoms with E-state index in [1.54, 1.807) is 18.2 Å². The summed E-state index contributed by atoms with van der Waals surface area (Å²) >= 11 is 5.76. The Kier molecular flexibility index (Phi) is 5.26. The van der Waals surface area contributed by atoms with E-state index in [1.807, 2.05) is 30.3 Å². The highest BCUT2D eigenvalue weighted by atomic mass is 35.5. The summed E-state index contributed by atoms with van der Waals surface area (Å²) in [4.78, 5) is 11.8. The molecule has 126 valence electrons. The molecule has 0 aliphatic heterocycles. The first-order valence-corrected chi connectivity index (χ1v) is 7.91. The van der Waals surface area contributed by atoms with Crippen LogP contribution in [-0.4, -0.2) is 12.1 Å². The van der Waals surface area contributed by atoms with Crippen LogP contribution in [0.4, 0.5) is 4.39 Å². The van der Waals surface area contributed by atoms with Crippen molar-refractivity contribution in [3.63, 3.8) is 0 Å². The predicted octanol–water partition coefficient (Wildman–Crippen LogP) is 4.43. The van der Waals surface area contributed by atoms with Gasteiger partial charge in [0.15, 0.2) is 0 Å². The number of halogens is 2. The van der Waals surface area contributed by atoms with Gasteiger partial charge in [-0.1, -0.05) is 41.9 Å². The van der Waals surface area contributed by atoms with Crippen LogP contribution >= 0.6 is 11.6 Å². The van der Waals surface area contributed by atoms with Crippen molar-refractivity contribution in [2.75, 3.05) is 0 Å². The van der Waals surface area contributed by atoms with Gasteiger partial charge in [-0.2, -0.15) is 5.10 Å². The van der Waals surface area contributed by atoms with Crippen LogP contribution in [0, 0.1) is 5.82 Å². The second-order valence-electron chi connectivity index (χ2n) is 5.29. The van der Waals surface area contributed by atoms with E-state index < -0.39 is 5.82 Å². The van der Waals surface area contributed by atoms with Crippen LogP contribution in [0.5, 0.6) is 0 Å². The third-order valence-corrected chi connectivity index (χ3v) is 3.71. The number of hydrazone groups is 1. The Morgan fingerprint density at radius 3 is 2.72 bits per heavy atom. The maximum Gasteiger partial charge on any atom is 0.244 e. The lowest BCUT2D eigenvalue weighted by molar-refractivity contribution is -0.120. The van der Waals surface area contributed by atoms with Crippen LogP contribution in [0.1, 0.15) is 11.3 Å². The molecule has 0 saturated heterocycles. The molecule has 1 heterocycles. The van der Waals surface area contributed by atoms with Crippen molar-refractivity contribution in [3.8, 4) is 11.3 Å². The fraction of sp³-hybridized carbons (Fsp3) is 0.0526. The Morgan fingerprint density at radius 1 is 1.16 bits per heavy atom. The zero-order valence-electron chi connectivity index (χ0n) is 13.1. The molecular formula is C19H14ClFN2O2. The Morgan fingerprint density at radius 2 is 1.96 bits per heavy atom. The minimum Gasteiger partial charge on any atom is -0.455 e. The van der Waals surface area contributed by atoms with Gasteiger partial charge in [0.1, 0.15) is 17.3 Å². The summed E-state index contributed by atoms with van der Waals surface area (Å²) in [6.45, 7) is 0. The van der Waals surface area contributed by atoms with Gasteiger partial charge in [-0.25, -0.2) is 9.82 Å². The molecule has 4 nitrogen and oxygen atoms in total. The van der Waals surface area contributed by atoms with Gasteiger partial charge in [-0.3, -0.25) is 4.79 Å². The molecule has 0 unspecified atom stereocenters. The summed E-state index contributed by atoms with van der Waals surface area (Å²) in [6, 6.07) is 17.1. The van der Waals surface area contributed by atoms with E-state index in [-0.39, 0.29) is 17.4 Å². The lowest BCUT2D eigenvalue weighted by atomic mass is 10.1. The molecule has 3 rings (SSSR count). The number of carbonyl (C=O) groups is 1. The van der Waals surface area contributed by atoms with E-state index in [2.05, 4.69) is 10.5 Å². The van der Waals surface area contributed by atoms with Crippen LogP contribution in [0.25, 0.3) is 11.3 Å². The zero-order valence-corrected chi connectivity index (χ0v) is 13.8. The van der Waals surface area contributed by atoms with Crippen molar-refractivity contribution in [2.45, 2.75) is 6.42 Å². The molecule has 0 fully saturated rings. The molecular weight excluding hydrogens is 343 g/mol. The van der Waals surface area contributed by atoms with Gasteiger partial charge < -0.3 is 4.42 Å². The number of hydrogen-bond donors (Lipinski definition) is 1. The Balaban J connectivity index is 1.60. The van der Waals surface area contributed by atoms with Crippen LogP contribution in [0.15, 0.2) is 70.2 Å². The van der Waals surface area contributed by atoms with Crippen molar-refractivity contribution in [1.82, 2.24) is 5.43 Å².